The molecule has 2 aromatic rings. The Bertz CT molecular complexity index is 729. The summed E-state index contributed by atoms with van der Waals surface area (Å²) in [4.78, 5) is 12.0. The van der Waals surface area contributed by atoms with Crippen molar-refractivity contribution < 1.29 is 4.74 Å². The third-order valence-corrected chi connectivity index (χ3v) is 2.99. The molecule has 5 heteroatoms. The Morgan fingerprint density at radius 2 is 2.10 bits per heavy atom. The van der Waals surface area contributed by atoms with Gasteiger partial charge in [-0.15, -0.1) is 0 Å². The highest BCUT2D eigenvalue weighted by molar-refractivity contribution is 5.67. The number of aryl methyl sites for hydroxylation is 1. The molecule has 1 aromatic heterocycles. The van der Waals surface area contributed by atoms with E-state index in [4.69, 9.17) is 10.00 Å². The van der Waals surface area contributed by atoms with Gasteiger partial charge in [-0.25, -0.2) is 4.68 Å². The van der Waals surface area contributed by atoms with Crippen LogP contribution in [0.4, 0.5) is 0 Å². The van der Waals surface area contributed by atoms with Crippen molar-refractivity contribution in [1.29, 1.82) is 5.26 Å². The number of para-hydroxylation sites is 1. The Hall–Kier alpha value is -2.61. The maximum Gasteiger partial charge on any atom is 0.284 e. The van der Waals surface area contributed by atoms with Crippen molar-refractivity contribution in [3.05, 3.63) is 46.2 Å². The van der Waals surface area contributed by atoms with Gasteiger partial charge in [0.15, 0.2) is 0 Å². The van der Waals surface area contributed by atoms with Gasteiger partial charge in [-0.1, -0.05) is 19.1 Å². The Morgan fingerprint density at radius 3 is 2.76 bits per heavy atom. The van der Waals surface area contributed by atoms with E-state index >= 15 is 0 Å². The maximum atomic E-state index is 12.0. The number of nitriles is 1. The fourth-order valence-corrected chi connectivity index (χ4v) is 2.08. The fraction of sp³-hybridized carbons (Fsp3) is 0.312. The van der Waals surface area contributed by atoms with Crippen LogP contribution in [-0.2, 0) is 6.54 Å². The van der Waals surface area contributed by atoms with E-state index in [9.17, 15) is 4.79 Å². The Kier molecular flexibility index (Phi) is 4.72. The molecule has 0 unspecified atom stereocenters. The lowest BCUT2D eigenvalue weighted by molar-refractivity contribution is 0.341. The molecule has 0 bridgehead atoms. The van der Waals surface area contributed by atoms with Crippen molar-refractivity contribution in [2.75, 3.05) is 6.61 Å². The van der Waals surface area contributed by atoms with Crippen LogP contribution in [-0.4, -0.2) is 16.4 Å². The molecule has 0 aliphatic rings. The molecule has 21 heavy (non-hydrogen) atoms. The number of ether oxygens (including phenoxy) is 1. The minimum Gasteiger partial charge on any atom is -0.493 e. The average molecular weight is 283 g/mol. The quantitative estimate of drug-likeness (QED) is 0.845. The second-order valence-electron chi connectivity index (χ2n) is 4.51. The van der Waals surface area contributed by atoms with E-state index in [0.717, 1.165) is 12.0 Å². The van der Waals surface area contributed by atoms with E-state index in [1.807, 2.05) is 44.2 Å². The number of hydrogen-bond acceptors (Lipinski definition) is 4. The molecule has 0 saturated heterocycles. The molecule has 0 fully saturated rings. The first kappa shape index (κ1) is 14.8. The summed E-state index contributed by atoms with van der Waals surface area (Å²) in [7, 11) is 0. The monoisotopic (exact) mass is 283 g/mol. The summed E-state index contributed by atoms with van der Waals surface area (Å²) in [6.45, 7) is 4.89. The third-order valence-electron chi connectivity index (χ3n) is 2.99. The molecule has 0 amide bonds. The van der Waals surface area contributed by atoms with Crippen molar-refractivity contribution in [1.82, 2.24) is 9.78 Å². The summed E-state index contributed by atoms with van der Waals surface area (Å²) in [6, 6.07) is 10.9. The predicted octanol–water partition coefficient (Wildman–Crippen LogP) is 2.59. The first-order valence-corrected chi connectivity index (χ1v) is 6.95. The maximum absolute atomic E-state index is 12.0. The van der Waals surface area contributed by atoms with E-state index in [-0.39, 0.29) is 11.1 Å². The van der Waals surface area contributed by atoms with Crippen LogP contribution in [0, 0.1) is 11.3 Å². The summed E-state index contributed by atoms with van der Waals surface area (Å²) in [5, 5.41) is 13.5. The minimum absolute atomic E-state index is 0.0970. The van der Waals surface area contributed by atoms with Gasteiger partial charge in [0.05, 0.1) is 12.3 Å². The molecule has 108 valence electrons. The molecule has 1 aromatic carbocycles. The summed E-state index contributed by atoms with van der Waals surface area (Å²) >= 11 is 0. The van der Waals surface area contributed by atoms with Gasteiger partial charge in [0, 0.05) is 12.1 Å². The first-order valence-electron chi connectivity index (χ1n) is 6.95. The predicted molar refractivity (Wildman–Crippen MR) is 80.1 cm³/mol. The number of benzene rings is 1. The molecular weight excluding hydrogens is 266 g/mol. The van der Waals surface area contributed by atoms with E-state index in [1.165, 1.54) is 10.7 Å². The second-order valence-corrected chi connectivity index (χ2v) is 4.51. The number of nitrogens with zero attached hydrogens (tertiary/aromatic N) is 3. The van der Waals surface area contributed by atoms with Crippen LogP contribution < -0.4 is 10.3 Å². The van der Waals surface area contributed by atoms with Crippen molar-refractivity contribution in [3.63, 3.8) is 0 Å². The first-order chi connectivity index (χ1) is 10.2. The molecule has 0 aliphatic heterocycles. The van der Waals surface area contributed by atoms with Crippen LogP contribution in [0.25, 0.3) is 11.3 Å². The molecule has 0 radical (unpaired) electrons. The van der Waals surface area contributed by atoms with Gasteiger partial charge < -0.3 is 4.74 Å². The molecule has 0 N–H and O–H groups in total. The smallest absolute Gasteiger partial charge is 0.284 e. The highest BCUT2D eigenvalue weighted by atomic mass is 16.5. The highest BCUT2D eigenvalue weighted by Crippen LogP contribution is 2.28. The molecule has 2 rings (SSSR count). The molecule has 0 aliphatic carbocycles. The molecule has 0 atom stereocenters. The van der Waals surface area contributed by atoms with Gasteiger partial charge in [0.2, 0.25) is 0 Å². The number of hydrogen-bond donors (Lipinski definition) is 0. The fourth-order valence-electron chi connectivity index (χ4n) is 2.08. The normalized spacial score (nSPS) is 10.1. The average Bonchev–Trinajstić information content (AvgIpc) is 2.50. The van der Waals surface area contributed by atoms with Crippen molar-refractivity contribution >= 4 is 0 Å². The Morgan fingerprint density at radius 1 is 1.33 bits per heavy atom. The van der Waals surface area contributed by atoms with Crippen molar-refractivity contribution in [3.8, 4) is 23.1 Å². The topological polar surface area (TPSA) is 67.9 Å². The van der Waals surface area contributed by atoms with E-state index in [1.54, 1.807) is 0 Å². The van der Waals surface area contributed by atoms with Gasteiger partial charge in [-0.05, 0) is 31.5 Å². The molecular formula is C16H17N3O2. The molecule has 5 nitrogen and oxygen atoms in total. The SMILES string of the molecule is CCCn1nc(-c2ccccc2OCC)cc(C#N)c1=O. The van der Waals surface area contributed by atoms with Crippen LogP contribution in [0.2, 0.25) is 0 Å². The molecule has 0 saturated carbocycles. The van der Waals surface area contributed by atoms with E-state index < -0.39 is 0 Å². The van der Waals surface area contributed by atoms with Gasteiger partial charge in [-0.3, -0.25) is 4.79 Å². The lowest BCUT2D eigenvalue weighted by Gasteiger charge is -2.11. The zero-order valence-electron chi connectivity index (χ0n) is 12.2. The number of aromatic nitrogens is 2. The van der Waals surface area contributed by atoms with Crippen LogP contribution in [0.1, 0.15) is 25.8 Å². The van der Waals surface area contributed by atoms with Gasteiger partial charge in [-0.2, -0.15) is 10.4 Å². The van der Waals surface area contributed by atoms with Gasteiger partial charge >= 0.3 is 0 Å². The Labute approximate surface area is 123 Å². The summed E-state index contributed by atoms with van der Waals surface area (Å²) in [5.41, 5.74) is 1.10. The summed E-state index contributed by atoms with van der Waals surface area (Å²) < 4.78 is 6.93. The lowest BCUT2D eigenvalue weighted by Crippen LogP contribution is -2.25. The summed E-state index contributed by atoms with van der Waals surface area (Å²) in [5.74, 6) is 0.693. The third kappa shape index (κ3) is 3.11. The Balaban J connectivity index is 2.62. The highest BCUT2D eigenvalue weighted by Gasteiger charge is 2.12. The largest absolute Gasteiger partial charge is 0.493 e. The van der Waals surface area contributed by atoms with E-state index in [0.29, 0.717) is 24.6 Å². The van der Waals surface area contributed by atoms with E-state index in [2.05, 4.69) is 5.10 Å². The zero-order chi connectivity index (χ0) is 15.2. The van der Waals surface area contributed by atoms with Crippen LogP contribution in [0.15, 0.2) is 35.1 Å². The van der Waals surface area contributed by atoms with Gasteiger partial charge in [0.1, 0.15) is 17.4 Å². The standard InChI is InChI=1S/C16H17N3O2/c1-3-9-19-16(20)12(11-17)10-14(18-19)13-7-5-6-8-15(13)21-4-2/h5-8,10H,3-4,9H2,1-2H3. The van der Waals surface area contributed by atoms with Crippen molar-refractivity contribution in [2.24, 2.45) is 0 Å². The van der Waals surface area contributed by atoms with Gasteiger partial charge in [0.25, 0.3) is 5.56 Å². The molecule has 1 heterocycles. The van der Waals surface area contributed by atoms with Crippen molar-refractivity contribution in [2.45, 2.75) is 26.8 Å². The number of rotatable bonds is 5. The molecule has 0 spiro atoms. The van der Waals surface area contributed by atoms with Crippen LogP contribution in [0.5, 0.6) is 5.75 Å². The second kappa shape index (κ2) is 6.71. The minimum atomic E-state index is -0.350. The lowest BCUT2D eigenvalue weighted by atomic mass is 10.1. The summed E-state index contributed by atoms with van der Waals surface area (Å²) in [6.07, 6.45) is 0.772. The van der Waals surface area contributed by atoms with Crippen LogP contribution in [0.3, 0.4) is 0 Å². The van der Waals surface area contributed by atoms with Crippen LogP contribution >= 0.6 is 0 Å². The zero-order valence-corrected chi connectivity index (χ0v) is 12.2.